The molecule has 286 valence electrons. The van der Waals surface area contributed by atoms with Gasteiger partial charge in [0, 0.05) is 50.9 Å². The summed E-state index contributed by atoms with van der Waals surface area (Å²) in [6, 6.07) is 17.4. The normalized spacial score (nSPS) is 25.8. The first-order valence-corrected chi connectivity index (χ1v) is 20.2. The molecule has 4 heterocycles. The van der Waals surface area contributed by atoms with Crippen LogP contribution in [0.3, 0.4) is 0 Å². The van der Waals surface area contributed by atoms with E-state index in [-0.39, 0.29) is 41.9 Å². The Balaban J connectivity index is 1.19. The van der Waals surface area contributed by atoms with Gasteiger partial charge >= 0.3 is 0 Å². The number of carbonyl (C=O) groups is 4. The van der Waals surface area contributed by atoms with Crippen LogP contribution in [0.2, 0.25) is 5.02 Å². The third-order valence-corrected chi connectivity index (χ3v) is 14.5. The Kier molecular flexibility index (Phi) is 8.53. The van der Waals surface area contributed by atoms with Crippen LogP contribution in [0.15, 0.2) is 76.8 Å². The fraction of sp³-hybridized carbons (Fsp3) is 0.310. The first-order chi connectivity index (χ1) is 26.8. The molecule has 6 unspecified atom stereocenters. The van der Waals surface area contributed by atoms with Crippen LogP contribution in [0.1, 0.15) is 36.8 Å². The molecule has 4 amide bonds. The summed E-state index contributed by atoms with van der Waals surface area (Å²) in [4.78, 5) is 62.3. The lowest BCUT2D eigenvalue weighted by Crippen LogP contribution is -2.49. The molecule has 56 heavy (non-hydrogen) atoms. The van der Waals surface area contributed by atoms with E-state index < -0.39 is 46.8 Å². The minimum absolute atomic E-state index is 0.104. The molecule has 14 heteroatoms. The van der Waals surface area contributed by atoms with E-state index in [1.807, 2.05) is 31.2 Å². The number of thiophene rings is 1. The molecule has 0 radical (unpaired) electrons. The molecule has 0 spiro atoms. The lowest BCUT2D eigenvalue weighted by Gasteiger charge is -2.49. The Bertz CT molecular complexity index is 2560. The Hall–Kier alpha value is -4.98. The topological polar surface area (TPSA) is 131 Å². The maximum Gasteiger partial charge on any atom is 0.242 e. The third-order valence-electron chi connectivity index (χ3n) is 12.4. The zero-order chi connectivity index (χ0) is 39.5. The second kappa shape index (κ2) is 13.0. The Morgan fingerprint density at radius 2 is 1.62 bits per heavy atom. The number of amides is 4. The molecule has 0 bridgehead atoms. The molecule has 3 fully saturated rings. The summed E-state index contributed by atoms with van der Waals surface area (Å²) >= 11 is 11.3. The summed E-state index contributed by atoms with van der Waals surface area (Å²) in [5.41, 5.74) is 1.92. The number of rotatable bonds is 6. The van der Waals surface area contributed by atoms with Crippen molar-refractivity contribution in [2.45, 2.75) is 32.6 Å². The minimum Gasteiger partial charge on any atom is -0.508 e. The second-order valence-corrected chi connectivity index (χ2v) is 17.5. The lowest BCUT2D eigenvalue weighted by molar-refractivity contribution is -0.131. The maximum atomic E-state index is 15.3. The van der Waals surface area contributed by atoms with E-state index >= 15 is 9.59 Å². The SMILES string of the molecule is COc1cc(O)cc(OC)c1C1C2=CCC3C(=O)N(c4ccc(Br)cc4)C(=O)C3C2CC2C(=O)N(c3cc(-c4sc5ccc(Cl)cc5c4C)nn3C)C(=O)C21C. The molecule has 9 rings (SSSR count). The van der Waals surface area contributed by atoms with Crippen LogP contribution in [0.5, 0.6) is 17.2 Å². The summed E-state index contributed by atoms with van der Waals surface area (Å²) < 4.78 is 15.1. The molecule has 2 aliphatic carbocycles. The predicted octanol–water partition coefficient (Wildman–Crippen LogP) is 8.18. The first-order valence-electron chi connectivity index (χ1n) is 18.2. The van der Waals surface area contributed by atoms with Crippen molar-refractivity contribution in [1.29, 1.82) is 0 Å². The van der Waals surface area contributed by atoms with Gasteiger partial charge in [-0.25, -0.2) is 4.90 Å². The number of allylic oxidation sites excluding steroid dienone is 2. The number of ether oxygens (including phenoxy) is 2. The smallest absolute Gasteiger partial charge is 0.242 e. The number of hydrogen-bond acceptors (Lipinski definition) is 9. The lowest BCUT2D eigenvalue weighted by atomic mass is 9.51. The molecule has 5 aromatic rings. The van der Waals surface area contributed by atoms with Gasteiger partial charge in [-0.05, 0) is 86.0 Å². The Labute approximate surface area is 339 Å². The van der Waals surface area contributed by atoms with Crippen molar-refractivity contribution in [3.05, 3.63) is 92.9 Å². The molecule has 1 N–H and O–H groups in total. The predicted molar refractivity (Wildman–Crippen MR) is 216 cm³/mol. The number of hydrogen-bond donors (Lipinski definition) is 1. The minimum atomic E-state index is -1.39. The zero-order valence-electron chi connectivity index (χ0n) is 31.0. The molecule has 2 aromatic heterocycles. The number of carbonyl (C=O) groups excluding carboxylic acids is 4. The number of phenolic OH excluding ortho intramolecular Hbond substituents is 1. The summed E-state index contributed by atoms with van der Waals surface area (Å²) in [5, 5.41) is 17.1. The van der Waals surface area contributed by atoms with Crippen molar-refractivity contribution in [2.24, 2.45) is 36.1 Å². The van der Waals surface area contributed by atoms with Gasteiger partial charge in [-0.3, -0.25) is 28.8 Å². The third kappa shape index (κ3) is 5.09. The molecule has 1 saturated carbocycles. The average Bonchev–Trinajstić information content (AvgIpc) is 3.85. The molecule has 3 aromatic carbocycles. The fourth-order valence-electron chi connectivity index (χ4n) is 9.81. The summed E-state index contributed by atoms with van der Waals surface area (Å²) in [7, 11) is 4.64. The fourth-order valence-corrected chi connectivity index (χ4v) is 11.4. The Morgan fingerprint density at radius 3 is 2.30 bits per heavy atom. The summed E-state index contributed by atoms with van der Waals surface area (Å²) in [6.45, 7) is 3.80. The van der Waals surface area contributed by atoms with E-state index in [1.54, 1.807) is 60.3 Å². The standard InChI is InChI=1S/C42H36BrClN4O7S/c1-19-26-14-21(44)8-13-32(26)56-37(19)29-18-33(46(3)45-29)48-39(51)28-17-27-24(11-12-25-34(27)40(52)47(38(25)50)22-9-6-20(43)7-10-22)36(42(28,2)41(48)53)35-30(54-4)15-23(49)16-31(35)55-5/h6-11,13-16,18,25,27-28,34,36,49H,12,17H2,1-5H3. The highest BCUT2D eigenvalue weighted by Gasteiger charge is 2.68. The van der Waals surface area contributed by atoms with Gasteiger partial charge in [-0.1, -0.05) is 39.2 Å². The van der Waals surface area contributed by atoms with Crippen LogP contribution in [-0.4, -0.2) is 52.7 Å². The van der Waals surface area contributed by atoms with Gasteiger partial charge in [0.15, 0.2) is 0 Å². The van der Waals surface area contributed by atoms with E-state index in [4.69, 9.17) is 26.2 Å². The van der Waals surface area contributed by atoms with Crippen LogP contribution in [0.25, 0.3) is 20.7 Å². The van der Waals surface area contributed by atoms with Crippen LogP contribution in [0, 0.1) is 36.0 Å². The number of aromatic hydroxyl groups is 1. The van der Waals surface area contributed by atoms with Gasteiger partial charge in [0.1, 0.15) is 28.8 Å². The number of nitrogens with zero attached hydrogens (tertiary/aromatic N) is 4. The number of aromatic nitrogens is 2. The quantitative estimate of drug-likeness (QED) is 0.134. The van der Waals surface area contributed by atoms with Gasteiger partial charge in [-0.2, -0.15) is 5.10 Å². The molecule has 2 aliphatic heterocycles. The van der Waals surface area contributed by atoms with Gasteiger partial charge in [0.2, 0.25) is 23.6 Å². The number of aryl methyl sites for hydroxylation is 2. The van der Waals surface area contributed by atoms with Gasteiger partial charge < -0.3 is 14.6 Å². The first kappa shape index (κ1) is 36.6. The number of anilines is 2. The number of fused-ring (bicyclic) bond motifs is 5. The van der Waals surface area contributed by atoms with Crippen LogP contribution in [0.4, 0.5) is 11.5 Å². The van der Waals surface area contributed by atoms with Crippen LogP contribution >= 0.6 is 38.9 Å². The van der Waals surface area contributed by atoms with Crippen LogP contribution in [-0.2, 0) is 26.2 Å². The summed E-state index contributed by atoms with van der Waals surface area (Å²) in [5.74, 6) is -4.45. The molecule has 11 nitrogen and oxygen atoms in total. The zero-order valence-corrected chi connectivity index (χ0v) is 34.2. The highest BCUT2D eigenvalue weighted by atomic mass is 79.9. The van der Waals surface area contributed by atoms with E-state index in [0.29, 0.717) is 27.8 Å². The van der Waals surface area contributed by atoms with E-state index in [0.717, 1.165) is 30.6 Å². The maximum absolute atomic E-state index is 15.3. The van der Waals surface area contributed by atoms with Crippen molar-refractivity contribution < 1.29 is 33.8 Å². The van der Waals surface area contributed by atoms with Gasteiger partial charge in [0.05, 0.1) is 48.0 Å². The highest BCUT2D eigenvalue weighted by Crippen LogP contribution is 2.66. The Morgan fingerprint density at radius 1 is 0.929 bits per heavy atom. The van der Waals surface area contributed by atoms with Crippen LogP contribution < -0.4 is 19.3 Å². The molecule has 4 aliphatic rings. The molecule has 2 saturated heterocycles. The number of imide groups is 2. The van der Waals surface area contributed by atoms with Gasteiger partial charge in [0.25, 0.3) is 0 Å². The van der Waals surface area contributed by atoms with Crippen molar-refractivity contribution >= 4 is 84.1 Å². The largest absolute Gasteiger partial charge is 0.508 e. The van der Waals surface area contributed by atoms with E-state index in [2.05, 4.69) is 15.9 Å². The average molecular weight is 856 g/mol. The monoisotopic (exact) mass is 854 g/mol. The number of benzene rings is 3. The second-order valence-electron chi connectivity index (χ2n) is 15.1. The van der Waals surface area contributed by atoms with Crippen molar-refractivity contribution in [3.8, 4) is 27.8 Å². The van der Waals surface area contributed by atoms with Crippen molar-refractivity contribution in [2.75, 3.05) is 24.0 Å². The van der Waals surface area contributed by atoms with Crippen molar-refractivity contribution in [1.82, 2.24) is 9.78 Å². The molecular weight excluding hydrogens is 820 g/mol. The number of phenols is 1. The van der Waals surface area contributed by atoms with Crippen molar-refractivity contribution in [3.63, 3.8) is 0 Å². The molecular formula is C42H36BrClN4O7S. The number of methoxy groups -OCH3 is 2. The van der Waals surface area contributed by atoms with E-state index in [9.17, 15) is 14.7 Å². The van der Waals surface area contributed by atoms with Gasteiger partial charge in [-0.15, -0.1) is 11.3 Å². The summed E-state index contributed by atoms with van der Waals surface area (Å²) in [6.07, 6.45) is 2.40. The highest BCUT2D eigenvalue weighted by molar-refractivity contribution is 9.10. The van der Waals surface area contributed by atoms with E-state index in [1.165, 1.54) is 36.2 Å². The number of halogens is 2. The molecule has 6 atom stereocenters.